The van der Waals surface area contributed by atoms with Crippen LogP contribution in [0.3, 0.4) is 0 Å². The number of alkyl halides is 3. The lowest BCUT2D eigenvalue weighted by Crippen LogP contribution is -2.38. The zero-order valence-corrected chi connectivity index (χ0v) is 16.2. The molecule has 0 aliphatic carbocycles. The smallest absolute Gasteiger partial charge is 0.419 e. The number of rotatable bonds is 6. The summed E-state index contributed by atoms with van der Waals surface area (Å²) in [5.41, 5.74) is 0.928. The van der Waals surface area contributed by atoms with Gasteiger partial charge in [0.1, 0.15) is 5.75 Å². The second-order valence-electron chi connectivity index (χ2n) is 6.58. The van der Waals surface area contributed by atoms with Gasteiger partial charge >= 0.3 is 6.18 Å². The van der Waals surface area contributed by atoms with Crippen molar-refractivity contribution in [3.8, 4) is 5.75 Å². The molecule has 2 aliphatic heterocycles. The highest BCUT2D eigenvalue weighted by molar-refractivity contribution is 8.18. The monoisotopic (exact) mass is 389 g/mol. The Morgan fingerprint density at radius 1 is 1.38 bits per heavy atom. The van der Waals surface area contributed by atoms with Gasteiger partial charge in [-0.25, -0.2) is 0 Å². The first kappa shape index (κ1) is 19.4. The Labute approximate surface area is 155 Å². The van der Waals surface area contributed by atoms with E-state index in [0.717, 1.165) is 36.8 Å². The Bertz CT molecular complexity index is 693. The van der Waals surface area contributed by atoms with Crippen molar-refractivity contribution in [1.82, 2.24) is 14.3 Å². The number of methoxy groups -OCH3 is 1. The fraction of sp³-hybridized carbons (Fsp3) is 0.556. The summed E-state index contributed by atoms with van der Waals surface area (Å²) in [7, 11) is 3.18. The van der Waals surface area contributed by atoms with Crippen LogP contribution in [0.5, 0.6) is 5.75 Å². The molecule has 1 aromatic carbocycles. The van der Waals surface area contributed by atoms with Crippen molar-refractivity contribution in [2.45, 2.75) is 38.4 Å². The van der Waals surface area contributed by atoms with Gasteiger partial charge in [0.2, 0.25) is 0 Å². The van der Waals surface area contributed by atoms with Gasteiger partial charge in [0.15, 0.2) is 0 Å². The van der Waals surface area contributed by atoms with E-state index in [0.29, 0.717) is 6.04 Å². The highest BCUT2D eigenvalue weighted by Gasteiger charge is 2.36. The fourth-order valence-electron chi connectivity index (χ4n) is 3.71. The lowest BCUT2D eigenvalue weighted by molar-refractivity contribution is -0.138. The predicted octanol–water partition coefficient (Wildman–Crippen LogP) is 3.91. The number of hydrogen-bond acceptors (Lipinski definition) is 4. The quantitative estimate of drug-likeness (QED) is 0.645. The van der Waals surface area contributed by atoms with Crippen LogP contribution in [0.2, 0.25) is 0 Å². The normalized spacial score (nSPS) is 25.2. The molecule has 1 saturated heterocycles. The minimum Gasteiger partial charge on any atom is -0.496 e. The second kappa shape index (κ2) is 7.70. The summed E-state index contributed by atoms with van der Waals surface area (Å²) in [6.45, 7) is 4.15. The molecule has 3 rings (SSSR count). The molecular formula is C18H26F3N3OS. The molecule has 2 aliphatic rings. The Morgan fingerprint density at radius 3 is 2.77 bits per heavy atom. The van der Waals surface area contributed by atoms with Crippen LogP contribution in [0.15, 0.2) is 23.1 Å². The summed E-state index contributed by atoms with van der Waals surface area (Å²) in [5.74, 6) is -0.142. The summed E-state index contributed by atoms with van der Waals surface area (Å²) in [6, 6.07) is 4.71. The van der Waals surface area contributed by atoms with Crippen LogP contribution in [-0.4, -0.2) is 38.2 Å². The van der Waals surface area contributed by atoms with Gasteiger partial charge in [-0.05, 0) is 45.0 Å². The van der Waals surface area contributed by atoms with Crippen molar-refractivity contribution < 1.29 is 17.9 Å². The van der Waals surface area contributed by atoms with Gasteiger partial charge in [-0.15, -0.1) is 0 Å². The maximum atomic E-state index is 13.1. The Hall–Kier alpha value is -1.38. The first-order chi connectivity index (χ1) is 12.4. The number of thiol groups is 1. The number of nitrogens with zero attached hydrogens (tertiary/aromatic N) is 1. The molecule has 2 N–H and O–H groups in total. The van der Waals surface area contributed by atoms with E-state index >= 15 is 0 Å². The van der Waals surface area contributed by atoms with Crippen LogP contribution >= 0.6 is 11.3 Å². The molecule has 26 heavy (non-hydrogen) atoms. The number of halogens is 3. The number of benzene rings is 1. The summed E-state index contributed by atoms with van der Waals surface area (Å²) in [5, 5.41) is 0. The molecule has 146 valence electrons. The molecule has 2 heterocycles. The van der Waals surface area contributed by atoms with E-state index in [-0.39, 0.29) is 5.75 Å². The lowest BCUT2D eigenvalue weighted by atomic mass is 10.1. The third-order valence-corrected chi connectivity index (χ3v) is 6.92. The van der Waals surface area contributed by atoms with Crippen molar-refractivity contribution in [2.24, 2.45) is 0 Å². The minimum absolute atomic E-state index is 0.142. The molecule has 0 bridgehead atoms. The largest absolute Gasteiger partial charge is 0.496 e. The maximum absolute atomic E-state index is 13.1. The summed E-state index contributed by atoms with van der Waals surface area (Å²) < 4.78 is 50.9. The SMILES string of the molecule is CCC1CCCN1CC1=C(c2ccc(C(F)(F)F)c(OC)c2)N[SH]1NC. The first-order valence-corrected chi connectivity index (χ1v) is 10.2. The Balaban J connectivity index is 1.90. The van der Waals surface area contributed by atoms with E-state index in [1.165, 1.54) is 37.0 Å². The average Bonchev–Trinajstić information content (AvgIpc) is 3.05. The van der Waals surface area contributed by atoms with E-state index in [4.69, 9.17) is 4.74 Å². The van der Waals surface area contributed by atoms with E-state index in [9.17, 15) is 13.2 Å². The number of nitrogens with one attached hydrogen (secondary N) is 2. The molecule has 0 spiro atoms. The average molecular weight is 389 g/mol. The molecule has 0 aromatic heterocycles. The Kier molecular flexibility index (Phi) is 5.74. The van der Waals surface area contributed by atoms with Gasteiger partial charge in [-0.2, -0.15) is 13.2 Å². The fourth-order valence-corrected chi connectivity index (χ4v) is 5.28. The molecular weight excluding hydrogens is 363 g/mol. The van der Waals surface area contributed by atoms with Crippen LogP contribution in [0.25, 0.3) is 5.70 Å². The third kappa shape index (κ3) is 3.68. The first-order valence-electron chi connectivity index (χ1n) is 8.86. The molecule has 8 heteroatoms. The highest BCUT2D eigenvalue weighted by atomic mass is 32.2. The number of ether oxygens (including phenoxy) is 1. The van der Waals surface area contributed by atoms with Crippen LogP contribution in [0.4, 0.5) is 13.2 Å². The van der Waals surface area contributed by atoms with E-state index in [1.54, 1.807) is 0 Å². The van der Waals surface area contributed by atoms with Gasteiger partial charge in [0, 0.05) is 23.1 Å². The van der Waals surface area contributed by atoms with E-state index < -0.39 is 23.0 Å². The standard InChI is InChI=1S/C18H26F3N3OS/c1-4-13-6-5-9-24(13)11-16-17(23-26(16)22-2)12-7-8-14(18(19,20)21)15(10-12)25-3/h7-8,10,13,22-23,26H,4-6,9,11H2,1-3H3. The van der Waals surface area contributed by atoms with Crippen LogP contribution in [0.1, 0.15) is 37.3 Å². The molecule has 2 atom stereocenters. The molecule has 0 amide bonds. The molecule has 0 radical (unpaired) electrons. The molecule has 2 unspecified atom stereocenters. The van der Waals surface area contributed by atoms with E-state index in [2.05, 4.69) is 21.3 Å². The molecule has 1 fully saturated rings. The van der Waals surface area contributed by atoms with Gasteiger partial charge in [0.25, 0.3) is 0 Å². The highest BCUT2D eigenvalue weighted by Crippen LogP contribution is 2.46. The summed E-state index contributed by atoms with van der Waals surface area (Å²) in [4.78, 5) is 3.74. The van der Waals surface area contributed by atoms with Crippen LogP contribution in [-0.2, 0) is 6.18 Å². The van der Waals surface area contributed by atoms with Gasteiger partial charge < -0.3 is 9.46 Å². The van der Waals surface area contributed by atoms with Crippen molar-refractivity contribution in [2.75, 3.05) is 27.2 Å². The van der Waals surface area contributed by atoms with Gasteiger partial charge in [-0.3, -0.25) is 9.62 Å². The van der Waals surface area contributed by atoms with Crippen LogP contribution in [0, 0.1) is 0 Å². The van der Waals surface area contributed by atoms with E-state index in [1.807, 2.05) is 7.05 Å². The van der Waals surface area contributed by atoms with Crippen molar-refractivity contribution in [3.05, 3.63) is 34.2 Å². The molecule has 1 aromatic rings. The topological polar surface area (TPSA) is 36.5 Å². The zero-order valence-electron chi connectivity index (χ0n) is 15.3. The third-order valence-electron chi connectivity index (χ3n) is 5.12. The maximum Gasteiger partial charge on any atom is 0.419 e. The number of likely N-dealkylation sites (tertiary alicyclic amines) is 1. The van der Waals surface area contributed by atoms with Crippen molar-refractivity contribution in [1.29, 1.82) is 0 Å². The summed E-state index contributed by atoms with van der Waals surface area (Å²) >= 11 is -0.631. The second-order valence-corrected chi connectivity index (χ2v) is 8.46. The van der Waals surface area contributed by atoms with Crippen LogP contribution < -0.4 is 14.2 Å². The molecule has 4 nitrogen and oxygen atoms in total. The molecule has 0 saturated carbocycles. The lowest BCUT2D eigenvalue weighted by Gasteiger charge is -2.41. The summed E-state index contributed by atoms with van der Waals surface area (Å²) in [6.07, 6.45) is -0.866. The minimum atomic E-state index is -4.42. The van der Waals surface area contributed by atoms with Gasteiger partial charge in [-0.1, -0.05) is 24.3 Å². The zero-order chi connectivity index (χ0) is 18.9. The predicted molar refractivity (Wildman–Crippen MR) is 101 cm³/mol. The number of hydrogen-bond donors (Lipinski definition) is 3. The Morgan fingerprint density at radius 2 is 2.15 bits per heavy atom. The van der Waals surface area contributed by atoms with Crippen molar-refractivity contribution >= 4 is 17.0 Å². The van der Waals surface area contributed by atoms with Gasteiger partial charge in [0.05, 0.1) is 18.4 Å². The van der Waals surface area contributed by atoms with Crippen molar-refractivity contribution in [3.63, 3.8) is 0 Å².